The van der Waals surface area contributed by atoms with Crippen LogP contribution in [0.4, 0.5) is 15.8 Å². The Morgan fingerprint density at radius 2 is 1.71 bits per heavy atom. The zero-order chi connectivity index (χ0) is 29.8. The lowest BCUT2D eigenvalue weighted by atomic mass is 10.0. The Balaban J connectivity index is 1.34. The highest BCUT2D eigenvalue weighted by molar-refractivity contribution is 6.24. The first-order chi connectivity index (χ1) is 20.2. The van der Waals surface area contributed by atoms with E-state index < -0.39 is 11.9 Å². The number of hydrogen-bond acceptors (Lipinski definition) is 7. The summed E-state index contributed by atoms with van der Waals surface area (Å²) in [6.07, 6.45) is 1.72. The number of hydrogen-bond donors (Lipinski definition) is 2. The molecule has 2 aliphatic rings. The van der Waals surface area contributed by atoms with Crippen LogP contribution in [0.3, 0.4) is 0 Å². The summed E-state index contributed by atoms with van der Waals surface area (Å²) in [7, 11) is 4.15. The van der Waals surface area contributed by atoms with Crippen molar-refractivity contribution in [3.63, 3.8) is 0 Å². The average Bonchev–Trinajstić information content (AvgIpc) is 3.32. The topological polar surface area (TPSA) is 89.5 Å². The van der Waals surface area contributed by atoms with Gasteiger partial charge in [-0.2, -0.15) is 10.1 Å². The number of carbonyl (C=O) groups excluding carboxylic acids is 2. The molecule has 1 saturated heterocycles. The standard InChI is InChI=1S/C32H37FN6O3/c1-21(2)42-28-20-24(33)12-15-27(28)34-35-30-29(22-8-6-5-7-9-22)36-39(32(30)41)26-13-10-23(11-14-26)31(40)38-18-16-25(17-19-38)37(3)4/h5-15,20-21,25,30,34-35H,16-19H2,1-4H3. The van der Waals surface area contributed by atoms with Gasteiger partial charge in [0, 0.05) is 36.3 Å². The number of halogens is 1. The van der Waals surface area contributed by atoms with E-state index in [0.717, 1.165) is 31.5 Å². The highest BCUT2D eigenvalue weighted by atomic mass is 19.1. The van der Waals surface area contributed by atoms with Crippen LogP contribution in [0.5, 0.6) is 5.75 Å². The molecule has 1 unspecified atom stereocenters. The second kappa shape index (κ2) is 12.7. The zero-order valence-electron chi connectivity index (χ0n) is 24.4. The SMILES string of the molecule is CC(C)Oc1cc(F)ccc1NNC1C(=O)N(c2ccc(C(=O)N3CCC(N(C)C)CC3)cc2)N=C1c1ccccc1. The highest BCUT2D eigenvalue weighted by Gasteiger charge is 2.38. The van der Waals surface area contributed by atoms with E-state index in [-0.39, 0.29) is 17.9 Å². The van der Waals surface area contributed by atoms with Crippen LogP contribution in [0.15, 0.2) is 77.9 Å². The number of benzene rings is 3. The van der Waals surface area contributed by atoms with Crippen molar-refractivity contribution in [1.82, 2.24) is 15.2 Å². The van der Waals surface area contributed by atoms with Crippen LogP contribution in [0, 0.1) is 5.82 Å². The van der Waals surface area contributed by atoms with Gasteiger partial charge in [-0.05, 0) is 77.2 Å². The van der Waals surface area contributed by atoms with Gasteiger partial charge in [-0.1, -0.05) is 30.3 Å². The monoisotopic (exact) mass is 572 g/mol. The minimum absolute atomic E-state index is 0.0116. The van der Waals surface area contributed by atoms with Gasteiger partial charge in [0.1, 0.15) is 11.6 Å². The number of nitrogens with one attached hydrogen (secondary N) is 2. The predicted octanol–water partition coefficient (Wildman–Crippen LogP) is 4.52. The summed E-state index contributed by atoms with van der Waals surface area (Å²) in [5.41, 5.74) is 9.02. The van der Waals surface area contributed by atoms with Crippen LogP contribution in [-0.4, -0.2) is 72.7 Å². The van der Waals surface area contributed by atoms with Crippen molar-refractivity contribution in [1.29, 1.82) is 0 Å². The predicted molar refractivity (Wildman–Crippen MR) is 162 cm³/mol. The summed E-state index contributed by atoms with van der Waals surface area (Å²) < 4.78 is 19.7. The first kappa shape index (κ1) is 29.2. The van der Waals surface area contributed by atoms with Crippen LogP contribution in [0.1, 0.15) is 42.6 Å². The lowest BCUT2D eigenvalue weighted by molar-refractivity contribution is -0.118. The third-order valence-corrected chi connectivity index (χ3v) is 7.50. The molecule has 9 nitrogen and oxygen atoms in total. The number of hydrazone groups is 1. The molecule has 0 saturated carbocycles. The number of nitrogens with zero attached hydrogens (tertiary/aromatic N) is 4. The molecule has 2 N–H and O–H groups in total. The summed E-state index contributed by atoms with van der Waals surface area (Å²) in [6.45, 7) is 5.15. The second-order valence-corrected chi connectivity index (χ2v) is 11.0. The van der Waals surface area contributed by atoms with Crippen molar-refractivity contribution in [3.8, 4) is 5.75 Å². The van der Waals surface area contributed by atoms with E-state index in [2.05, 4.69) is 34.9 Å². The summed E-state index contributed by atoms with van der Waals surface area (Å²) in [4.78, 5) is 31.0. The van der Waals surface area contributed by atoms with E-state index in [1.165, 1.54) is 17.1 Å². The van der Waals surface area contributed by atoms with E-state index in [9.17, 15) is 14.0 Å². The molecular formula is C32H37FN6O3. The number of hydrazine groups is 1. The number of carbonyl (C=O) groups is 2. The van der Waals surface area contributed by atoms with Crippen LogP contribution in [0.25, 0.3) is 0 Å². The number of rotatable bonds is 9. The summed E-state index contributed by atoms with van der Waals surface area (Å²) in [6, 6.07) is 20.2. The molecule has 10 heteroatoms. The number of piperidine rings is 1. The quantitative estimate of drug-likeness (QED) is 0.367. The zero-order valence-corrected chi connectivity index (χ0v) is 24.4. The number of ether oxygens (including phenoxy) is 1. The van der Waals surface area contributed by atoms with Crippen LogP contribution < -0.4 is 20.6 Å². The maximum atomic E-state index is 13.9. The number of likely N-dealkylation sites (tertiary alicyclic amines) is 1. The Kier molecular flexibility index (Phi) is 8.84. The molecular weight excluding hydrogens is 535 g/mol. The minimum atomic E-state index is -0.844. The van der Waals surface area contributed by atoms with Crippen LogP contribution in [0.2, 0.25) is 0 Å². The van der Waals surface area contributed by atoms with Gasteiger partial charge in [-0.3, -0.25) is 9.59 Å². The molecule has 1 fully saturated rings. The Morgan fingerprint density at radius 3 is 2.36 bits per heavy atom. The van der Waals surface area contributed by atoms with Crippen molar-refractivity contribution < 1.29 is 18.7 Å². The van der Waals surface area contributed by atoms with Gasteiger partial charge in [0.05, 0.1) is 23.2 Å². The van der Waals surface area contributed by atoms with Crippen molar-refractivity contribution >= 4 is 28.9 Å². The van der Waals surface area contributed by atoms with Crippen molar-refractivity contribution in [3.05, 3.63) is 89.7 Å². The van der Waals surface area contributed by atoms with E-state index in [4.69, 9.17) is 4.74 Å². The van der Waals surface area contributed by atoms with Gasteiger partial charge in [0.2, 0.25) is 0 Å². The van der Waals surface area contributed by atoms with E-state index in [0.29, 0.717) is 34.4 Å². The molecule has 42 heavy (non-hydrogen) atoms. The second-order valence-electron chi connectivity index (χ2n) is 11.0. The van der Waals surface area contributed by atoms with Crippen molar-refractivity contribution in [2.45, 2.75) is 44.9 Å². The number of amides is 2. The molecule has 0 aromatic heterocycles. The van der Waals surface area contributed by atoms with Crippen LogP contribution in [-0.2, 0) is 4.79 Å². The molecule has 0 bridgehead atoms. The van der Waals surface area contributed by atoms with Gasteiger partial charge in [-0.25, -0.2) is 9.82 Å². The molecule has 3 aromatic rings. The molecule has 0 radical (unpaired) electrons. The largest absolute Gasteiger partial charge is 0.489 e. The molecule has 2 aliphatic heterocycles. The highest BCUT2D eigenvalue weighted by Crippen LogP contribution is 2.28. The number of anilines is 2. The van der Waals surface area contributed by atoms with Gasteiger partial charge in [-0.15, -0.1) is 0 Å². The molecule has 2 amide bonds. The van der Waals surface area contributed by atoms with E-state index >= 15 is 0 Å². The lowest BCUT2D eigenvalue weighted by Gasteiger charge is -2.35. The van der Waals surface area contributed by atoms with Gasteiger partial charge in [0.25, 0.3) is 11.8 Å². The third-order valence-electron chi connectivity index (χ3n) is 7.50. The van der Waals surface area contributed by atoms with Crippen molar-refractivity contribution in [2.75, 3.05) is 37.6 Å². The molecule has 5 rings (SSSR count). The lowest BCUT2D eigenvalue weighted by Crippen LogP contribution is -2.46. The normalized spacial score (nSPS) is 17.6. The summed E-state index contributed by atoms with van der Waals surface area (Å²) in [5, 5.41) is 6.03. The molecule has 0 aliphatic carbocycles. The third kappa shape index (κ3) is 6.45. The molecule has 1 atom stereocenters. The average molecular weight is 573 g/mol. The minimum Gasteiger partial charge on any atom is -0.489 e. The molecule has 220 valence electrons. The smallest absolute Gasteiger partial charge is 0.272 e. The Labute approximate surface area is 245 Å². The first-order valence-corrected chi connectivity index (χ1v) is 14.2. The van der Waals surface area contributed by atoms with Crippen LogP contribution >= 0.6 is 0 Å². The molecule has 2 heterocycles. The van der Waals surface area contributed by atoms with E-state index in [1.807, 2.05) is 49.1 Å². The van der Waals surface area contributed by atoms with Gasteiger partial charge >= 0.3 is 0 Å². The Morgan fingerprint density at radius 1 is 1.02 bits per heavy atom. The maximum Gasteiger partial charge on any atom is 0.272 e. The molecule has 3 aromatic carbocycles. The Hall–Kier alpha value is -4.28. The van der Waals surface area contributed by atoms with Gasteiger partial charge in [0.15, 0.2) is 6.04 Å². The Bertz CT molecular complexity index is 1440. The first-order valence-electron chi connectivity index (χ1n) is 14.2. The summed E-state index contributed by atoms with van der Waals surface area (Å²) >= 11 is 0. The van der Waals surface area contributed by atoms with Gasteiger partial charge < -0.3 is 20.0 Å². The summed E-state index contributed by atoms with van der Waals surface area (Å²) in [5.74, 6) is -0.419. The fourth-order valence-corrected chi connectivity index (χ4v) is 5.22. The van der Waals surface area contributed by atoms with Crippen molar-refractivity contribution in [2.24, 2.45) is 5.10 Å². The fourth-order valence-electron chi connectivity index (χ4n) is 5.22. The maximum absolute atomic E-state index is 13.9. The fraction of sp³-hybridized carbons (Fsp3) is 0.344. The molecule has 0 spiro atoms. The van der Waals surface area contributed by atoms with E-state index in [1.54, 1.807) is 30.3 Å².